The van der Waals surface area contributed by atoms with Crippen molar-refractivity contribution in [1.82, 2.24) is 0 Å². The van der Waals surface area contributed by atoms with Crippen LogP contribution >= 0.6 is 0 Å². The molecule has 0 aromatic rings. The van der Waals surface area contributed by atoms with Gasteiger partial charge >= 0.3 is 18.4 Å². The molecule has 4 fully saturated rings. The van der Waals surface area contributed by atoms with Crippen LogP contribution in [0.25, 0.3) is 0 Å². The van der Waals surface area contributed by atoms with E-state index in [0.29, 0.717) is 43.7 Å². The van der Waals surface area contributed by atoms with Crippen molar-refractivity contribution in [2.45, 2.75) is 77.9 Å². The Hall–Kier alpha value is -1.54. The molecule has 0 N–H and O–H groups in total. The standard InChI is InChI=1S/C24H36F2O6/c1-16(2)21(27)30-7-5-4-6-29-17(3)31-14-23-9-18-8-19(10-23)12-24(11-18,13-23)15-32-22(28)20(25)26/h17-20H,1,4-15H2,2-3H3. The summed E-state index contributed by atoms with van der Waals surface area (Å²) in [5.41, 5.74) is 0.209. The van der Waals surface area contributed by atoms with Gasteiger partial charge in [-0.15, -0.1) is 0 Å². The fourth-order valence-corrected chi connectivity index (χ4v) is 6.36. The number of hydrogen-bond acceptors (Lipinski definition) is 6. The van der Waals surface area contributed by atoms with Crippen molar-refractivity contribution in [3.05, 3.63) is 12.2 Å². The molecule has 0 amide bonds. The second-order valence-electron chi connectivity index (χ2n) is 10.2. The average molecular weight is 459 g/mol. The first kappa shape index (κ1) is 25.1. The van der Waals surface area contributed by atoms with E-state index in [2.05, 4.69) is 6.58 Å². The maximum Gasteiger partial charge on any atom is 0.373 e. The van der Waals surface area contributed by atoms with Gasteiger partial charge in [-0.2, -0.15) is 8.78 Å². The van der Waals surface area contributed by atoms with Gasteiger partial charge < -0.3 is 18.9 Å². The summed E-state index contributed by atoms with van der Waals surface area (Å²) in [7, 11) is 0. The lowest BCUT2D eigenvalue weighted by atomic mass is 9.44. The minimum atomic E-state index is -3.07. The van der Waals surface area contributed by atoms with Gasteiger partial charge in [0, 0.05) is 17.6 Å². The Bertz CT molecular complexity index is 680. The first-order chi connectivity index (χ1) is 15.1. The molecule has 6 nitrogen and oxygen atoms in total. The number of rotatable bonds is 13. The summed E-state index contributed by atoms with van der Waals surface area (Å²) in [6.45, 7) is 8.55. The van der Waals surface area contributed by atoms with Crippen LogP contribution in [0.5, 0.6) is 0 Å². The number of ether oxygens (including phenoxy) is 4. The number of carbonyl (C=O) groups is 2. The van der Waals surface area contributed by atoms with Crippen LogP contribution in [-0.4, -0.2) is 51.1 Å². The molecular formula is C24H36F2O6. The summed E-state index contributed by atoms with van der Waals surface area (Å²) >= 11 is 0. The zero-order chi connectivity index (χ0) is 23.4. The zero-order valence-electron chi connectivity index (χ0n) is 19.2. The van der Waals surface area contributed by atoms with Crippen LogP contribution < -0.4 is 0 Å². The maximum atomic E-state index is 12.6. The zero-order valence-corrected chi connectivity index (χ0v) is 19.2. The molecule has 0 aromatic carbocycles. The third-order valence-corrected chi connectivity index (χ3v) is 7.10. The van der Waals surface area contributed by atoms with Crippen LogP contribution in [0.15, 0.2) is 12.2 Å². The molecule has 8 heteroatoms. The van der Waals surface area contributed by atoms with Gasteiger partial charge in [-0.3, -0.25) is 0 Å². The quantitative estimate of drug-likeness (QED) is 0.173. The molecule has 0 aliphatic heterocycles. The van der Waals surface area contributed by atoms with Crippen molar-refractivity contribution in [3.63, 3.8) is 0 Å². The molecule has 4 saturated carbocycles. The number of carbonyl (C=O) groups excluding carboxylic acids is 2. The van der Waals surface area contributed by atoms with Crippen molar-refractivity contribution < 1.29 is 37.3 Å². The van der Waals surface area contributed by atoms with Crippen LogP contribution in [0.2, 0.25) is 0 Å². The second-order valence-corrected chi connectivity index (χ2v) is 10.2. The Morgan fingerprint density at radius 3 is 2.16 bits per heavy atom. The molecule has 0 radical (unpaired) electrons. The van der Waals surface area contributed by atoms with E-state index in [-0.39, 0.29) is 29.7 Å². The Labute approximate surface area is 189 Å². The predicted octanol–water partition coefficient (Wildman–Crippen LogP) is 4.66. The minimum absolute atomic E-state index is 0.00961. The van der Waals surface area contributed by atoms with Crippen molar-refractivity contribution in [3.8, 4) is 0 Å². The summed E-state index contributed by atoms with van der Waals surface area (Å²) in [6, 6.07) is 0. The molecule has 0 aromatic heterocycles. The molecule has 0 saturated heterocycles. The summed E-state index contributed by atoms with van der Waals surface area (Å²) in [6.07, 6.45) is 4.12. The van der Waals surface area contributed by atoms with Crippen molar-refractivity contribution in [2.24, 2.45) is 22.7 Å². The summed E-state index contributed by atoms with van der Waals surface area (Å²) < 4.78 is 47.0. The number of alkyl halides is 2. The van der Waals surface area contributed by atoms with Crippen LogP contribution in [0.1, 0.15) is 65.2 Å². The van der Waals surface area contributed by atoms with E-state index in [1.165, 1.54) is 6.42 Å². The molecule has 32 heavy (non-hydrogen) atoms. The Kier molecular flexibility index (Phi) is 8.31. The fraction of sp³-hybridized carbons (Fsp3) is 0.833. The van der Waals surface area contributed by atoms with Gasteiger partial charge in [0.15, 0.2) is 6.29 Å². The lowest BCUT2D eigenvalue weighted by Crippen LogP contribution is -2.55. The smallest absolute Gasteiger partial charge is 0.373 e. The van der Waals surface area contributed by atoms with E-state index in [9.17, 15) is 18.4 Å². The summed E-state index contributed by atoms with van der Waals surface area (Å²) in [5, 5.41) is 0. The number of hydrogen-bond donors (Lipinski definition) is 0. The SMILES string of the molecule is C=C(C)C(=O)OCCCCOC(C)OCC12CC3CC(CC(COC(=O)C(F)F)(C3)C1)C2. The van der Waals surface area contributed by atoms with Gasteiger partial charge in [0.1, 0.15) is 0 Å². The monoisotopic (exact) mass is 458 g/mol. The highest BCUT2D eigenvalue weighted by atomic mass is 19.3. The van der Waals surface area contributed by atoms with Gasteiger partial charge in [-0.1, -0.05) is 6.58 Å². The molecule has 182 valence electrons. The van der Waals surface area contributed by atoms with Crippen LogP contribution in [0, 0.1) is 22.7 Å². The summed E-state index contributed by atoms with van der Waals surface area (Å²) in [4.78, 5) is 22.6. The van der Waals surface area contributed by atoms with Gasteiger partial charge in [0.2, 0.25) is 0 Å². The van der Waals surface area contributed by atoms with Crippen molar-refractivity contribution >= 4 is 11.9 Å². The van der Waals surface area contributed by atoms with E-state index >= 15 is 0 Å². The van der Waals surface area contributed by atoms with Gasteiger partial charge in [-0.05, 0) is 82.5 Å². The highest BCUT2D eigenvalue weighted by Gasteiger charge is 2.58. The van der Waals surface area contributed by atoms with Crippen molar-refractivity contribution in [1.29, 1.82) is 0 Å². The highest BCUT2D eigenvalue weighted by molar-refractivity contribution is 5.86. The Morgan fingerprint density at radius 2 is 1.56 bits per heavy atom. The predicted molar refractivity (Wildman–Crippen MR) is 113 cm³/mol. The molecule has 4 aliphatic carbocycles. The maximum absolute atomic E-state index is 12.6. The number of unbranched alkanes of at least 4 members (excludes halogenated alkanes) is 1. The lowest BCUT2D eigenvalue weighted by molar-refractivity contribution is -0.203. The Morgan fingerprint density at radius 1 is 0.969 bits per heavy atom. The van der Waals surface area contributed by atoms with E-state index in [1.807, 2.05) is 6.92 Å². The van der Waals surface area contributed by atoms with Gasteiger partial charge in [0.05, 0.1) is 19.8 Å². The molecule has 4 rings (SSSR count). The minimum Gasteiger partial charge on any atom is -0.462 e. The molecule has 3 unspecified atom stereocenters. The number of esters is 2. The highest BCUT2D eigenvalue weighted by Crippen LogP contribution is 2.65. The largest absolute Gasteiger partial charge is 0.462 e. The molecule has 4 aliphatic rings. The van der Waals surface area contributed by atoms with Crippen LogP contribution in [0.3, 0.4) is 0 Å². The normalized spacial score (nSPS) is 31.5. The van der Waals surface area contributed by atoms with Crippen molar-refractivity contribution in [2.75, 3.05) is 26.4 Å². The third kappa shape index (κ3) is 6.50. The van der Waals surface area contributed by atoms with Gasteiger partial charge in [0.25, 0.3) is 0 Å². The lowest BCUT2D eigenvalue weighted by Gasteiger charge is -2.61. The molecule has 3 atom stereocenters. The molecule has 4 bridgehead atoms. The third-order valence-electron chi connectivity index (χ3n) is 7.10. The summed E-state index contributed by atoms with van der Waals surface area (Å²) in [5.74, 6) is -0.700. The van der Waals surface area contributed by atoms with E-state index in [4.69, 9.17) is 18.9 Å². The molecule has 0 spiro atoms. The molecule has 0 heterocycles. The van der Waals surface area contributed by atoms with E-state index in [1.54, 1.807) is 6.92 Å². The first-order valence-corrected chi connectivity index (χ1v) is 11.6. The van der Waals surface area contributed by atoms with Crippen LogP contribution in [0.4, 0.5) is 8.78 Å². The average Bonchev–Trinajstić information content (AvgIpc) is 2.71. The fourth-order valence-electron chi connectivity index (χ4n) is 6.36. The van der Waals surface area contributed by atoms with Gasteiger partial charge in [-0.25, -0.2) is 9.59 Å². The Balaban J connectivity index is 1.40. The van der Waals surface area contributed by atoms with Crippen LogP contribution in [-0.2, 0) is 28.5 Å². The second kappa shape index (κ2) is 10.6. The number of halogens is 2. The topological polar surface area (TPSA) is 71.1 Å². The first-order valence-electron chi connectivity index (χ1n) is 11.6. The van der Waals surface area contributed by atoms with E-state index in [0.717, 1.165) is 38.5 Å². The molecular weight excluding hydrogens is 422 g/mol. The van der Waals surface area contributed by atoms with E-state index < -0.39 is 12.4 Å².